The van der Waals surface area contributed by atoms with Crippen molar-refractivity contribution in [3.63, 3.8) is 0 Å². The Hall–Kier alpha value is -2.54. The monoisotopic (exact) mass is 395 g/mol. The molecule has 1 aliphatic rings. The van der Waals surface area contributed by atoms with Gasteiger partial charge in [0.05, 0.1) is 5.39 Å². The maximum absolute atomic E-state index is 12.9. The summed E-state index contributed by atoms with van der Waals surface area (Å²) in [6.45, 7) is 6.60. The summed E-state index contributed by atoms with van der Waals surface area (Å²) in [5.41, 5.74) is 2.38. The molecule has 0 aliphatic carbocycles. The van der Waals surface area contributed by atoms with Crippen molar-refractivity contribution in [1.29, 1.82) is 0 Å². The summed E-state index contributed by atoms with van der Waals surface area (Å²) in [5, 5.41) is 1.17. The first-order valence-corrected chi connectivity index (χ1v) is 10.5. The van der Waals surface area contributed by atoms with Crippen LogP contribution in [0.4, 0.5) is 5.82 Å². The van der Waals surface area contributed by atoms with Gasteiger partial charge < -0.3 is 9.80 Å². The van der Waals surface area contributed by atoms with Crippen LogP contribution in [0.2, 0.25) is 0 Å². The number of rotatable bonds is 4. The average molecular weight is 396 g/mol. The normalized spacial score (nSPS) is 15.2. The fourth-order valence-corrected chi connectivity index (χ4v) is 4.88. The largest absolute Gasteiger partial charge is 0.356 e. The predicted octanol–water partition coefficient (Wildman–Crippen LogP) is 3.58. The zero-order chi connectivity index (χ0) is 19.7. The highest BCUT2D eigenvalue weighted by Crippen LogP contribution is 2.35. The molecule has 4 heterocycles. The van der Waals surface area contributed by atoms with Crippen molar-refractivity contribution in [1.82, 2.24) is 19.9 Å². The molecule has 3 aromatic heterocycles. The van der Waals surface area contributed by atoms with Gasteiger partial charge in [-0.25, -0.2) is 9.97 Å². The average Bonchev–Trinajstić information content (AvgIpc) is 3.02. The van der Waals surface area contributed by atoms with E-state index in [1.165, 1.54) is 15.8 Å². The molecule has 1 aliphatic heterocycles. The molecule has 0 aromatic carbocycles. The summed E-state index contributed by atoms with van der Waals surface area (Å²) < 4.78 is 0. The van der Waals surface area contributed by atoms with Crippen LogP contribution in [0, 0.1) is 19.8 Å². The van der Waals surface area contributed by atoms with E-state index in [9.17, 15) is 4.79 Å². The molecular formula is C21H25N5OS. The van der Waals surface area contributed by atoms with E-state index in [4.69, 9.17) is 0 Å². The number of carbonyl (C=O) groups is 1. The van der Waals surface area contributed by atoms with E-state index in [2.05, 4.69) is 33.7 Å². The molecule has 7 heteroatoms. The molecule has 1 saturated heterocycles. The molecule has 0 bridgehead atoms. The molecule has 0 N–H and O–H groups in total. The van der Waals surface area contributed by atoms with Crippen LogP contribution < -0.4 is 4.90 Å². The van der Waals surface area contributed by atoms with Gasteiger partial charge in [-0.15, -0.1) is 11.3 Å². The molecular weight excluding hydrogens is 370 g/mol. The molecule has 0 saturated carbocycles. The fourth-order valence-electron chi connectivity index (χ4n) is 3.89. The number of anilines is 1. The van der Waals surface area contributed by atoms with Gasteiger partial charge in [0, 0.05) is 49.9 Å². The molecule has 6 nitrogen and oxygen atoms in total. The van der Waals surface area contributed by atoms with E-state index in [0.717, 1.165) is 42.1 Å². The topological polar surface area (TPSA) is 62.2 Å². The summed E-state index contributed by atoms with van der Waals surface area (Å²) in [6.07, 6.45) is 6.90. The lowest BCUT2D eigenvalue weighted by molar-refractivity contribution is -0.135. The predicted molar refractivity (Wildman–Crippen MR) is 113 cm³/mol. The fraction of sp³-hybridized carbons (Fsp3) is 0.429. The number of pyridine rings is 1. The summed E-state index contributed by atoms with van der Waals surface area (Å²) in [5.74, 6) is 1.32. The SMILES string of the molecule is Cc1sc2ncnc(N3CCC(C(=O)N(C)Cc4ccncc4)CC3)c2c1C. The van der Waals surface area contributed by atoms with Crippen LogP contribution in [-0.4, -0.2) is 45.9 Å². The van der Waals surface area contributed by atoms with Crippen LogP contribution >= 0.6 is 11.3 Å². The van der Waals surface area contributed by atoms with Gasteiger partial charge in [-0.3, -0.25) is 9.78 Å². The van der Waals surface area contributed by atoms with E-state index >= 15 is 0 Å². The Morgan fingerprint density at radius 2 is 1.93 bits per heavy atom. The first-order chi connectivity index (χ1) is 13.5. The van der Waals surface area contributed by atoms with Gasteiger partial charge in [-0.1, -0.05) is 0 Å². The molecule has 0 unspecified atom stereocenters. The second-order valence-corrected chi connectivity index (χ2v) is 8.67. The number of hydrogen-bond acceptors (Lipinski definition) is 6. The number of thiophene rings is 1. The Kier molecular flexibility index (Phi) is 5.26. The number of hydrogen-bond donors (Lipinski definition) is 0. The second kappa shape index (κ2) is 7.83. The Bertz CT molecular complexity index is 979. The van der Waals surface area contributed by atoms with E-state index in [-0.39, 0.29) is 11.8 Å². The highest BCUT2D eigenvalue weighted by atomic mass is 32.1. The minimum atomic E-state index is 0.0747. The quantitative estimate of drug-likeness (QED) is 0.676. The molecule has 0 atom stereocenters. The Labute approximate surface area is 169 Å². The van der Waals surface area contributed by atoms with Crippen LogP contribution in [0.3, 0.4) is 0 Å². The number of aromatic nitrogens is 3. The third-order valence-corrected chi connectivity index (χ3v) is 6.75. The molecule has 3 aromatic rings. The maximum Gasteiger partial charge on any atom is 0.225 e. The standard InChI is InChI=1S/C21H25N5OS/c1-14-15(2)28-20-18(14)19(23-13-24-20)26-10-6-17(7-11-26)21(27)25(3)12-16-4-8-22-9-5-16/h4-5,8-9,13,17H,6-7,10-12H2,1-3H3. The van der Waals surface area contributed by atoms with Gasteiger partial charge in [-0.2, -0.15) is 0 Å². The minimum Gasteiger partial charge on any atom is -0.356 e. The van der Waals surface area contributed by atoms with Crippen LogP contribution in [0.1, 0.15) is 28.8 Å². The van der Waals surface area contributed by atoms with Crippen molar-refractivity contribution in [2.24, 2.45) is 5.92 Å². The van der Waals surface area contributed by atoms with E-state index in [1.54, 1.807) is 30.1 Å². The van der Waals surface area contributed by atoms with Gasteiger partial charge in [0.2, 0.25) is 5.91 Å². The summed E-state index contributed by atoms with van der Waals surface area (Å²) in [7, 11) is 1.89. The molecule has 4 rings (SSSR count). The summed E-state index contributed by atoms with van der Waals surface area (Å²) in [4.78, 5) is 32.4. The Morgan fingerprint density at radius 1 is 1.21 bits per heavy atom. The molecule has 0 spiro atoms. The van der Waals surface area contributed by atoms with E-state index < -0.39 is 0 Å². The number of amides is 1. The van der Waals surface area contributed by atoms with Gasteiger partial charge in [-0.05, 0) is 49.9 Å². The maximum atomic E-state index is 12.9. The summed E-state index contributed by atoms with van der Waals surface area (Å²) >= 11 is 1.72. The minimum absolute atomic E-state index is 0.0747. The van der Waals surface area contributed by atoms with Gasteiger partial charge in [0.1, 0.15) is 17.0 Å². The van der Waals surface area contributed by atoms with Gasteiger partial charge >= 0.3 is 0 Å². The molecule has 1 fully saturated rings. The molecule has 28 heavy (non-hydrogen) atoms. The number of piperidine rings is 1. The Balaban J connectivity index is 1.43. The van der Waals surface area contributed by atoms with E-state index in [0.29, 0.717) is 6.54 Å². The van der Waals surface area contributed by atoms with Crippen molar-refractivity contribution in [2.45, 2.75) is 33.2 Å². The van der Waals surface area contributed by atoms with Crippen molar-refractivity contribution in [3.05, 3.63) is 46.9 Å². The highest BCUT2D eigenvalue weighted by Gasteiger charge is 2.29. The lowest BCUT2D eigenvalue weighted by atomic mass is 9.95. The third-order valence-electron chi connectivity index (χ3n) is 5.63. The number of nitrogens with zero attached hydrogens (tertiary/aromatic N) is 5. The Morgan fingerprint density at radius 3 is 2.64 bits per heavy atom. The van der Waals surface area contributed by atoms with Crippen molar-refractivity contribution in [3.8, 4) is 0 Å². The first kappa shape index (κ1) is 18.8. The zero-order valence-electron chi connectivity index (χ0n) is 16.6. The second-order valence-electron chi connectivity index (χ2n) is 7.47. The molecule has 146 valence electrons. The lowest BCUT2D eigenvalue weighted by Gasteiger charge is -2.34. The van der Waals surface area contributed by atoms with Crippen molar-refractivity contribution >= 4 is 33.3 Å². The first-order valence-electron chi connectivity index (χ1n) is 9.64. The zero-order valence-corrected chi connectivity index (χ0v) is 17.4. The van der Waals surface area contributed by atoms with Crippen LogP contribution in [0.25, 0.3) is 10.2 Å². The van der Waals surface area contributed by atoms with Crippen molar-refractivity contribution in [2.75, 3.05) is 25.0 Å². The van der Waals surface area contributed by atoms with Crippen molar-refractivity contribution < 1.29 is 4.79 Å². The lowest BCUT2D eigenvalue weighted by Crippen LogP contribution is -2.41. The highest BCUT2D eigenvalue weighted by molar-refractivity contribution is 7.18. The number of carbonyl (C=O) groups excluding carboxylic acids is 1. The van der Waals surface area contributed by atoms with E-state index in [1.807, 2.05) is 24.1 Å². The number of fused-ring (bicyclic) bond motifs is 1. The molecule has 0 radical (unpaired) electrons. The number of aryl methyl sites for hydroxylation is 2. The summed E-state index contributed by atoms with van der Waals surface area (Å²) in [6, 6.07) is 3.91. The third kappa shape index (κ3) is 3.58. The van der Waals surface area contributed by atoms with Crippen LogP contribution in [0.5, 0.6) is 0 Å². The smallest absolute Gasteiger partial charge is 0.225 e. The van der Waals surface area contributed by atoms with Gasteiger partial charge in [0.15, 0.2) is 0 Å². The van der Waals surface area contributed by atoms with Crippen LogP contribution in [-0.2, 0) is 11.3 Å². The molecule has 1 amide bonds. The van der Waals surface area contributed by atoms with Gasteiger partial charge in [0.25, 0.3) is 0 Å². The van der Waals surface area contributed by atoms with Crippen LogP contribution in [0.15, 0.2) is 30.9 Å².